The molecule has 2 aromatic carbocycles. The smallest absolute Gasteiger partial charge is 0.414 e. The highest BCUT2D eigenvalue weighted by molar-refractivity contribution is 6.21. The van der Waals surface area contributed by atoms with E-state index in [1.54, 1.807) is 4.90 Å². The Hall–Kier alpha value is -3.21. The Bertz CT molecular complexity index is 1170. The highest BCUT2D eigenvalue weighted by atomic mass is 16.6. The van der Waals surface area contributed by atoms with Crippen LogP contribution < -0.4 is 4.90 Å². The van der Waals surface area contributed by atoms with Gasteiger partial charge in [0.1, 0.15) is 12.4 Å². The van der Waals surface area contributed by atoms with E-state index in [1.165, 1.54) is 0 Å². The molecule has 0 unspecified atom stereocenters. The van der Waals surface area contributed by atoms with Crippen LogP contribution in [0.3, 0.4) is 0 Å². The fourth-order valence-corrected chi connectivity index (χ4v) is 6.41. The van der Waals surface area contributed by atoms with Crippen molar-refractivity contribution in [3.8, 4) is 0 Å². The van der Waals surface area contributed by atoms with Crippen molar-refractivity contribution in [3.05, 3.63) is 77.4 Å². The topological polar surface area (TPSA) is 59.0 Å². The monoisotopic (exact) mass is 426 g/mol. The van der Waals surface area contributed by atoms with Crippen molar-refractivity contribution in [2.45, 2.75) is 50.7 Å². The van der Waals surface area contributed by atoms with Gasteiger partial charge in [-0.25, -0.2) is 4.79 Å². The standard InChI is InChI=1S/C27H26N2O3/c1-18-9-10-21-20(15-18)27-13-14-28-24(27)26(11-5-6-12-26)23(30)16-22(27)29(21)25(31)32-17-19-7-3-2-4-8-19/h2-10,15,22H,11-14,16-17H2,1H3/t22-,27-/m0/s1. The average molecular weight is 427 g/mol. The van der Waals surface area contributed by atoms with E-state index in [4.69, 9.17) is 9.73 Å². The number of aliphatic imine (C=N–C) groups is 1. The van der Waals surface area contributed by atoms with E-state index in [-0.39, 0.29) is 24.5 Å². The number of ether oxygens (including phenoxy) is 1. The van der Waals surface area contributed by atoms with Crippen LogP contribution in [0.25, 0.3) is 0 Å². The summed E-state index contributed by atoms with van der Waals surface area (Å²) in [5.41, 5.74) is 4.17. The van der Waals surface area contributed by atoms with Crippen molar-refractivity contribution in [2.75, 3.05) is 11.4 Å². The molecule has 1 saturated carbocycles. The second kappa shape index (κ2) is 6.89. The Morgan fingerprint density at radius 3 is 2.72 bits per heavy atom. The summed E-state index contributed by atoms with van der Waals surface area (Å²) in [5.74, 6) is 0.203. The molecule has 5 nitrogen and oxygen atoms in total. The molecule has 1 fully saturated rings. The van der Waals surface area contributed by atoms with Crippen molar-refractivity contribution < 1.29 is 14.3 Å². The Labute approximate surface area is 187 Å². The van der Waals surface area contributed by atoms with E-state index >= 15 is 0 Å². The first kappa shape index (κ1) is 19.5. The molecule has 2 aliphatic carbocycles. The zero-order valence-corrected chi connectivity index (χ0v) is 18.2. The van der Waals surface area contributed by atoms with Crippen LogP contribution in [0, 0.1) is 12.3 Å². The minimum atomic E-state index is -0.530. The minimum absolute atomic E-state index is 0.203. The van der Waals surface area contributed by atoms with Gasteiger partial charge in [-0.15, -0.1) is 0 Å². The second-order valence-corrected chi connectivity index (χ2v) is 9.49. The molecule has 2 heterocycles. The third kappa shape index (κ3) is 2.48. The van der Waals surface area contributed by atoms with Crippen LogP contribution >= 0.6 is 0 Å². The Morgan fingerprint density at radius 1 is 1.16 bits per heavy atom. The lowest BCUT2D eigenvalue weighted by Crippen LogP contribution is -2.62. The summed E-state index contributed by atoms with van der Waals surface area (Å²) < 4.78 is 5.77. The first-order chi connectivity index (χ1) is 15.6. The van der Waals surface area contributed by atoms with Crippen molar-refractivity contribution in [1.82, 2.24) is 0 Å². The molecule has 0 aromatic heterocycles. The molecule has 4 aliphatic rings. The molecule has 0 radical (unpaired) electrons. The number of anilines is 1. The molecule has 2 spiro atoms. The van der Waals surface area contributed by atoms with Crippen LogP contribution in [-0.2, 0) is 21.6 Å². The number of aryl methyl sites for hydroxylation is 1. The van der Waals surface area contributed by atoms with Crippen LogP contribution in [0.15, 0.2) is 65.7 Å². The van der Waals surface area contributed by atoms with E-state index in [9.17, 15) is 9.59 Å². The number of hydrogen-bond acceptors (Lipinski definition) is 4. The largest absolute Gasteiger partial charge is 0.444 e. The number of amides is 1. The predicted molar refractivity (Wildman–Crippen MR) is 123 cm³/mol. The number of nitrogens with zero attached hydrogens (tertiary/aromatic N) is 2. The molecule has 162 valence electrons. The van der Waals surface area contributed by atoms with E-state index in [0.717, 1.165) is 47.4 Å². The number of hydrogen-bond donors (Lipinski definition) is 0. The van der Waals surface area contributed by atoms with E-state index < -0.39 is 10.8 Å². The van der Waals surface area contributed by atoms with Gasteiger partial charge in [0, 0.05) is 18.7 Å². The molecule has 1 amide bonds. The molecule has 2 atom stereocenters. The zero-order chi connectivity index (χ0) is 21.9. The van der Waals surface area contributed by atoms with Gasteiger partial charge in [-0.2, -0.15) is 0 Å². The van der Waals surface area contributed by atoms with Gasteiger partial charge in [-0.3, -0.25) is 14.7 Å². The van der Waals surface area contributed by atoms with E-state index in [2.05, 4.69) is 25.1 Å². The lowest BCUT2D eigenvalue weighted by Gasteiger charge is -2.47. The molecule has 0 N–H and O–H groups in total. The van der Waals surface area contributed by atoms with Gasteiger partial charge in [-0.1, -0.05) is 60.2 Å². The van der Waals surface area contributed by atoms with Crippen LogP contribution in [0.1, 0.15) is 42.4 Å². The van der Waals surface area contributed by atoms with Crippen LogP contribution in [-0.4, -0.2) is 30.2 Å². The number of fused-ring (bicyclic) bond motifs is 2. The van der Waals surface area contributed by atoms with Gasteiger partial charge in [0.15, 0.2) is 0 Å². The van der Waals surface area contributed by atoms with Crippen molar-refractivity contribution in [2.24, 2.45) is 10.4 Å². The fraction of sp³-hybridized carbons (Fsp3) is 0.370. The zero-order valence-electron chi connectivity index (χ0n) is 18.2. The molecular formula is C27H26N2O3. The van der Waals surface area contributed by atoms with Gasteiger partial charge >= 0.3 is 6.09 Å². The maximum Gasteiger partial charge on any atom is 0.414 e. The van der Waals surface area contributed by atoms with Crippen LogP contribution in [0.2, 0.25) is 0 Å². The molecule has 0 saturated heterocycles. The molecule has 0 bridgehead atoms. The molecule has 6 rings (SSSR count). The summed E-state index contributed by atoms with van der Waals surface area (Å²) in [4.78, 5) is 33.8. The van der Waals surface area contributed by atoms with Crippen LogP contribution in [0.5, 0.6) is 0 Å². The van der Waals surface area contributed by atoms with Gasteiger partial charge in [0.05, 0.1) is 22.6 Å². The van der Waals surface area contributed by atoms with Crippen molar-refractivity contribution in [3.63, 3.8) is 0 Å². The number of rotatable bonds is 2. The third-order valence-electron chi connectivity index (χ3n) is 7.84. The maximum atomic E-state index is 13.6. The highest BCUT2D eigenvalue weighted by Gasteiger charge is 2.67. The van der Waals surface area contributed by atoms with Gasteiger partial charge in [0.2, 0.25) is 0 Å². The minimum Gasteiger partial charge on any atom is -0.444 e. The summed E-state index contributed by atoms with van der Waals surface area (Å²) in [5, 5.41) is 0. The molecule has 2 aliphatic heterocycles. The SMILES string of the molecule is Cc1ccc2c(c1)[C@]13CCN=C1C1(CC=CC1)C(=O)C[C@@H]3N2C(=O)OCc1ccccc1. The summed E-state index contributed by atoms with van der Waals surface area (Å²) in [7, 11) is 0. The van der Waals surface area contributed by atoms with Crippen molar-refractivity contribution >= 4 is 23.3 Å². The first-order valence-corrected chi connectivity index (χ1v) is 11.4. The molecule has 32 heavy (non-hydrogen) atoms. The maximum absolute atomic E-state index is 13.6. The fourth-order valence-electron chi connectivity index (χ4n) is 6.41. The van der Waals surface area contributed by atoms with Crippen LogP contribution in [0.4, 0.5) is 10.5 Å². The van der Waals surface area contributed by atoms with Gasteiger partial charge in [0.25, 0.3) is 0 Å². The Morgan fingerprint density at radius 2 is 1.94 bits per heavy atom. The third-order valence-corrected chi connectivity index (χ3v) is 7.84. The lowest BCUT2D eigenvalue weighted by atomic mass is 9.55. The van der Waals surface area contributed by atoms with E-state index in [0.29, 0.717) is 13.0 Å². The summed E-state index contributed by atoms with van der Waals surface area (Å²) in [6, 6.07) is 15.7. The highest BCUT2D eigenvalue weighted by Crippen LogP contribution is 2.60. The van der Waals surface area contributed by atoms with E-state index in [1.807, 2.05) is 42.5 Å². The number of ketones is 1. The van der Waals surface area contributed by atoms with Crippen molar-refractivity contribution in [1.29, 1.82) is 0 Å². The van der Waals surface area contributed by atoms with Gasteiger partial charge < -0.3 is 4.74 Å². The number of allylic oxidation sites excluding steroid dienone is 2. The number of carbonyl (C=O) groups is 2. The van der Waals surface area contributed by atoms with Gasteiger partial charge in [-0.05, 0) is 43.4 Å². The Balaban J connectivity index is 1.43. The molecule has 2 aromatic rings. The molecule has 5 heteroatoms. The Kier molecular flexibility index (Phi) is 4.19. The quantitative estimate of drug-likeness (QED) is 0.641. The summed E-state index contributed by atoms with van der Waals surface area (Å²) in [6.45, 7) is 2.98. The lowest BCUT2D eigenvalue weighted by molar-refractivity contribution is -0.126. The predicted octanol–water partition coefficient (Wildman–Crippen LogP) is 4.91. The first-order valence-electron chi connectivity index (χ1n) is 11.4. The molecular weight excluding hydrogens is 400 g/mol. The second-order valence-electron chi connectivity index (χ2n) is 9.49. The number of carbonyl (C=O) groups excluding carboxylic acids is 2. The number of Topliss-reactive ketones (excluding diaryl/α,β-unsaturated/α-hetero) is 1. The summed E-state index contributed by atoms with van der Waals surface area (Å²) >= 11 is 0. The summed E-state index contributed by atoms with van der Waals surface area (Å²) in [6.07, 6.45) is 6.46. The number of benzene rings is 2. The average Bonchev–Trinajstić information content (AvgIpc) is 3.52. The normalized spacial score (nSPS) is 26.7.